The lowest BCUT2D eigenvalue weighted by Crippen LogP contribution is -1.97. The molecule has 0 spiro atoms. The molecule has 19 heavy (non-hydrogen) atoms. The molecule has 0 fully saturated rings. The van der Waals surface area contributed by atoms with Gasteiger partial charge in [0.25, 0.3) is 0 Å². The molecule has 5 nitrogen and oxygen atoms in total. The van der Waals surface area contributed by atoms with E-state index in [9.17, 15) is 4.79 Å². The Kier molecular flexibility index (Phi) is 3.64. The summed E-state index contributed by atoms with van der Waals surface area (Å²) in [7, 11) is 5.13. The van der Waals surface area contributed by atoms with Crippen LogP contribution in [0.15, 0.2) is 18.3 Å². The summed E-state index contributed by atoms with van der Waals surface area (Å²) in [5.41, 5.74) is 1.87. The standard InChI is InChI=1S/C14H17NO4/c1-15-8-9(4-7-12(16)17)13-10(18-2)5-6-11(19-3)14(13)15/h5-6,8H,4,7H2,1-3H3,(H,16,17). The van der Waals surface area contributed by atoms with Gasteiger partial charge in [-0.2, -0.15) is 0 Å². The van der Waals surface area contributed by atoms with Crippen LogP contribution in [0.5, 0.6) is 11.5 Å². The van der Waals surface area contributed by atoms with Gasteiger partial charge in [0.15, 0.2) is 0 Å². The second-order valence-corrected chi connectivity index (χ2v) is 4.35. The minimum atomic E-state index is -0.807. The smallest absolute Gasteiger partial charge is 0.303 e. The molecule has 2 aromatic rings. The number of carboxylic acid groups (broad SMARTS) is 1. The maximum Gasteiger partial charge on any atom is 0.303 e. The van der Waals surface area contributed by atoms with Crippen LogP contribution in [0, 0.1) is 0 Å². The maximum absolute atomic E-state index is 10.7. The molecule has 0 saturated heterocycles. The van der Waals surface area contributed by atoms with Gasteiger partial charge in [-0.3, -0.25) is 4.79 Å². The fourth-order valence-electron chi connectivity index (χ4n) is 2.34. The van der Waals surface area contributed by atoms with Crippen molar-refractivity contribution in [2.45, 2.75) is 12.8 Å². The van der Waals surface area contributed by atoms with Crippen LogP contribution in [0.1, 0.15) is 12.0 Å². The van der Waals surface area contributed by atoms with E-state index in [0.29, 0.717) is 6.42 Å². The molecule has 2 rings (SSSR count). The van der Waals surface area contributed by atoms with E-state index in [-0.39, 0.29) is 6.42 Å². The number of ether oxygens (including phenoxy) is 2. The SMILES string of the molecule is COc1ccc(OC)c2c1c(CCC(=O)O)cn2C. The van der Waals surface area contributed by atoms with E-state index < -0.39 is 5.97 Å². The number of methoxy groups -OCH3 is 2. The molecule has 5 heteroatoms. The summed E-state index contributed by atoms with van der Waals surface area (Å²) in [4.78, 5) is 10.7. The summed E-state index contributed by atoms with van der Waals surface area (Å²) in [6.45, 7) is 0. The number of aliphatic carboxylic acids is 1. The zero-order valence-corrected chi connectivity index (χ0v) is 11.3. The van der Waals surface area contributed by atoms with Crippen molar-refractivity contribution in [3.05, 3.63) is 23.9 Å². The molecule has 0 aliphatic carbocycles. The minimum Gasteiger partial charge on any atom is -0.496 e. The van der Waals surface area contributed by atoms with Crippen LogP contribution in [0.4, 0.5) is 0 Å². The van der Waals surface area contributed by atoms with Crippen LogP contribution < -0.4 is 9.47 Å². The van der Waals surface area contributed by atoms with Crippen LogP contribution in [0.25, 0.3) is 10.9 Å². The Morgan fingerprint density at radius 2 is 1.89 bits per heavy atom. The van der Waals surface area contributed by atoms with Crippen molar-refractivity contribution in [2.24, 2.45) is 7.05 Å². The summed E-state index contributed by atoms with van der Waals surface area (Å²) in [6.07, 6.45) is 2.49. The Morgan fingerprint density at radius 1 is 1.26 bits per heavy atom. The molecule has 0 atom stereocenters. The summed E-state index contributed by atoms with van der Waals surface area (Å²) >= 11 is 0. The van der Waals surface area contributed by atoms with Crippen LogP contribution in [0.2, 0.25) is 0 Å². The molecule has 0 saturated carbocycles. The molecule has 0 bridgehead atoms. The first kappa shape index (κ1) is 13.3. The highest BCUT2D eigenvalue weighted by Gasteiger charge is 2.16. The van der Waals surface area contributed by atoms with Crippen molar-refractivity contribution in [3.63, 3.8) is 0 Å². The van der Waals surface area contributed by atoms with Crippen LogP contribution in [-0.4, -0.2) is 29.9 Å². The van der Waals surface area contributed by atoms with Crippen molar-refractivity contribution in [2.75, 3.05) is 14.2 Å². The van der Waals surface area contributed by atoms with Gasteiger partial charge in [-0.25, -0.2) is 0 Å². The van der Waals surface area contributed by atoms with E-state index in [2.05, 4.69) is 0 Å². The van der Waals surface area contributed by atoms with Gasteiger partial charge < -0.3 is 19.1 Å². The fraction of sp³-hybridized carbons (Fsp3) is 0.357. The van der Waals surface area contributed by atoms with Gasteiger partial charge in [0.2, 0.25) is 0 Å². The van der Waals surface area contributed by atoms with Crippen molar-refractivity contribution >= 4 is 16.9 Å². The van der Waals surface area contributed by atoms with Gasteiger partial charge in [-0.05, 0) is 24.1 Å². The van der Waals surface area contributed by atoms with Gasteiger partial charge in [-0.1, -0.05) is 0 Å². The second-order valence-electron chi connectivity index (χ2n) is 4.35. The number of benzene rings is 1. The number of hydrogen-bond acceptors (Lipinski definition) is 3. The molecule has 1 N–H and O–H groups in total. The summed E-state index contributed by atoms with van der Waals surface area (Å²) in [5, 5.41) is 9.74. The van der Waals surface area contributed by atoms with E-state index in [1.165, 1.54) is 0 Å². The van der Waals surface area contributed by atoms with E-state index in [1.54, 1.807) is 14.2 Å². The highest BCUT2D eigenvalue weighted by Crippen LogP contribution is 2.36. The van der Waals surface area contributed by atoms with Gasteiger partial charge in [-0.15, -0.1) is 0 Å². The minimum absolute atomic E-state index is 0.0967. The largest absolute Gasteiger partial charge is 0.496 e. The molecular weight excluding hydrogens is 246 g/mol. The zero-order valence-electron chi connectivity index (χ0n) is 11.3. The Morgan fingerprint density at radius 3 is 2.47 bits per heavy atom. The molecule has 1 aromatic heterocycles. The molecule has 1 aromatic carbocycles. The predicted octanol–water partition coefficient (Wildman–Crippen LogP) is 2.21. The van der Waals surface area contributed by atoms with Gasteiger partial charge in [0.1, 0.15) is 11.5 Å². The number of rotatable bonds is 5. The number of carbonyl (C=O) groups is 1. The number of aryl methyl sites for hydroxylation is 2. The highest BCUT2D eigenvalue weighted by atomic mass is 16.5. The molecule has 0 radical (unpaired) electrons. The first-order chi connectivity index (χ1) is 9.08. The third-order valence-corrected chi connectivity index (χ3v) is 3.17. The number of aromatic nitrogens is 1. The highest BCUT2D eigenvalue weighted by molar-refractivity contribution is 5.94. The van der Waals surface area contributed by atoms with Crippen molar-refractivity contribution in [1.82, 2.24) is 4.57 Å². The maximum atomic E-state index is 10.7. The monoisotopic (exact) mass is 263 g/mol. The lowest BCUT2D eigenvalue weighted by Gasteiger charge is -2.08. The number of carboxylic acids is 1. The molecule has 0 aliphatic heterocycles. The van der Waals surface area contributed by atoms with Crippen LogP contribution in [0.3, 0.4) is 0 Å². The number of hydrogen-bond donors (Lipinski definition) is 1. The van der Waals surface area contributed by atoms with E-state index in [1.807, 2.05) is 29.9 Å². The van der Waals surface area contributed by atoms with Gasteiger partial charge in [0, 0.05) is 25.1 Å². The Hall–Kier alpha value is -2.17. The van der Waals surface area contributed by atoms with Crippen molar-refractivity contribution in [1.29, 1.82) is 0 Å². The van der Waals surface area contributed by atoms with Crippen LogP contribution >= 0.6 is 0 Å². The normalized spacial score (nSPS) is 10.7. The summed E-state index contributed by atoms with van der Waals surface area (Å²) in [5.74, 6) is 0.676. The van der Waals surface area contributed by atoms with E-state index >= 15 is 0 Å². The Bertz CT molecular complexity index is 615. The predicted molar refractivity (Wildman–Crippen MR) is 72.0 cm³/mol. The topological polar surface area (TPSA) is 60.7 Å². The third kappa shape index (κ3) is 2.36. The number of nitrogens with zero attached hydrogens (tertiary/aromatic N) is 1. The zero-order chi connectivity index (χ0) is 14.0. The average Bonchev–Trinajstić information content (AvgIpc) is 2.73. The summed E-state index contributed by atoms with van der Waals surface area (Å²) in [6, 6.07) is 3.69. The molecular formula is C14H17NO4. The first-order valence-electron chi connectivity index (χ1n) is 5.99. The number of fused-ring (bicyclic) bond motifs is 1. The quantitative estimate of drug-likeness (QED) is 0.898. The third-order valence-electron chi connectivity index (χ3n) is 3.17. The molecule has 1 heterocycles. The second kappa shape index (κ2) is 5.22. The average molecular weight is 263 g/mol. The van der Waals surface area contributed by atoms with Gasteiger partial charge >= 0.3 is 5.97 Å². The lowest BCUT2D eigenvalue weighted by atomic mass is 10.1. The Labute approximate surface area is 111 Å². The molecule has 0 unspecified atom stereocenters. The Balaban J connectivity index is 2.61. The lowest BCUT2D eigenvalue weighted by molar-refractivity contribution is -0.136. The van der Waals surface area contributed by atoms with Crippen molar-refractivity contribution in [3.8, 4) is 11.5 Å². The molecule has 0 aliphatic rings. The fourth-order valence-corrected chi connectivity index (χ4v) is 2.34. The van der Waals surface area contributed by atoms with Crippen molar-refractivity contribution < 1.29 is 19.4 Å². The molecule has 0 amide bonds. The van der Waals surface area contributed by atoms with Crippen LogP contribution in [-0.2, 0) is 18.3 Å². The first-order valence-corrected chi connectivity index (χ1v) is 5.99. The molecule has 102 valence electrons. The summed E-state index contributed by atoms with van der Waals surface area (Å²) < 4.78 is 12.7. The van der Waals surface area contributed by atoms with E-state index in [4.69, 9.17) is 14.6 Å². The van der Waals surface area contributed by atoms with Gasteiger partial charge in [0.05, 0.1) is 19.7 Å². The van der Waals surface area contributed by atoms with E-state index in [0.717, 1.165) is 28.0 Å².